The summed E-state index contributed by atoms with van der Waals surface area (Å²) in [5.41, 5.74) is 0.348. The summed E-state index contributed by atoms with van der Waals surface area (Å²) in [5.74, 6) is -1.36. The summed E-state index contributed by atoms with van der Waals surface area (Å²) in [6, 6.07) is 3.02. The minimum Gasteiger partial charge on any atom is -0.307 e. The van der Waals surface area contributed by atoms with Crippen molar-refractivity contribution in [1.29, 1.82) is 0 Å². The number of alkyl halides is 1. The van der Waals surface area contributed by atoms with Crippen LogP contribution in [0.25, 0.3) is 0 Å². The summed E-state index contributed by atoms with van der Waals surface area (Å²) in [6.45, 7) is 0. The molecule has 0 aliphatic rings. The lowest BCUT2D eigenvalue weighted by Crippen LogP contribution is -2.35. The fourth-order valence-electron chi connectivity index (χ4n) is 0.904. The third-order valence-corrected chi connectivity index (χ3v) is 2.45. The number of anilines is 1. The maximum Gasteiger partial charge on any atom is 0.325 e. The van der Waals surface area contributed by atoms with Crippen LogP contribution in [0.15, 0.2) is 22.7 Å². The average Bonchev–Trinajstić information content (AvgIpc) is 2.22. The van der Waals surface area contributed by atoms with Gasteiger partial charge >= 0.3 is 6.03 Å². The zero-order valence-corrected chi connectivity index (χ0v) is 10.2. The van der Waals surface area contributed by atoms with Crippen molar-refractivity contribution in [2.75, 3.05) is 11.2 Å². The zero-order valence-electron chi connectivity index (χ0n) is 7.89. The van der Waals surface area contributed by atoms with Gasteiger partial charge in [-0.2, -0.15) is 0 Å². The molecule has 0 spiro atoms. The van der Waals surface area contributed by atoms with Crippen LogP contribution < -0.4 is 10.6 Å². The van der Waals surface area contributed by atoms with E-state index < -0.39 is 17.8 Å². The van der Waals surface area contributed by atoms with Crippen LogP contribution >= 0.6 is 27.5 Å². The smallest absolute Gasteiger partial charge is 0.307 e. The first-order valence-electron chi connectivity index (χ1n) is 4.15. The molecule has 2 N–H and O–H groups in total. The Morgan fingerprint density at radius 3 is 2.69 bits per heavy atom. The standard InChI is InChI=1S/C9H7BrClFN2O2/c10-6-3-5(12)1-2-7(6)13-9(16)14-8(15)4-11/h1-3H,4H2,(H2,13,14,15,16). The lowest BCUT2D eigenvalue weighted by Gasteiger charge is -2.07. The molecule has 3 amide bonds. The highest BCUT2D eigenvalue weighted by Crippen LogP contribution is 2.22. The van der Waals surface area contributed by atoms with Gasteiger partial charge in [-0.25, -0.2) is 9.18 Å². The van der Waals surface area contributed by atoms with E-state index in [1.54, 1.807) is 0 Å². The molecule has 0 unspecified atom stereocenters. The average molecular weight is 310 g/mol. The predicted molar refractivity (Wildman–Crippen MR) is 62.0 cm³/mol. The van der Waals surface area contributed by atoms with Gasteiger partial charge in [0.2, 0.25) is 5.91 Å². The van der Waals surface area contributed by atoms with E-state index in [9.17, 15) is 14.0 Å². The molecule has 0 aliphatic carbocycles. The van der Waals surface area contributed by atoms with Crippen molar-refractivity contribution in [3.8, 4) is 0 Å². The first kappa shape index (κ1) is 12.9. The van der Waals surface area contributed by atoms with E-state index >= 15 is 0 Å². The lowest BCUT2D eigenvalue weighted by molar-refractivity contribution is -0.117. The van der Waals surface area contributed by atoms with Crippen molar-refractivity contribution in [3.05, 3.63) is 28.5 Å². The van der Waals surface area contributed by atoms with Crippen molar-refractivity contribution < 1.29 is 14.0 Å². The molecule has 7 heteroatoms. The highest BCUT2D eigenvalue weighted by Gasteiger charge is 2.08. The SMILES string of the molecule is O=C(CCl)NC(=O)Nc1ccc(F)cc1Br. The fraction of sp³-hybridized carbons (Fsp3) is 0.111. The third-order valence-electron chi connectivity index (χ3n) is 1.55. The van der Waals surface area contributed by atoms with Gasteiger partial charge in [0.15, 0.2) is 0 Å². The summed E-state index contributed by atoms with van der Waals surface area (Å²) in [6.07, 6.45) is 0. The summed E-state index contributed by atoms with van der Waals surface area (Å²) in [5, 5.41) is 4.34. The van der Waals surface area contributed by atoms with Crippen molar-refractivity contribution in [2.45, 2.75) is 0 Å². The number of carbonyl (C=O) groups is 2. The Hall–Kier alpha value is -1.14. The number of benzene rings is 1. The van der Waals surface area contributed by atoms with Crippen molar-refractivity contribution in [3.63, 3.8) is 0 Å². The van der Waals surface area contributed by atoms with Crippen LogP contribution in [0, 0.1) is 5.82 Å². The van der Waals surface area contributed by atoms with Crippen LogP contribution in [-0.4, -0.2) is 17.8 Å². The molecule has 0 saturated carbocycles. The topological polar surface area (TPSA) is 58.2 Å². The van der Waals surface area contributed by atoms with E-state index in [-0.39, 0.29) is 5.88 Å². The Bertz CT molecular complexity index is 428. The highest BCUT2D eigenvalue weighted by molar-refractivity contribution is 9.10. The Balaban J connectivity index is 2.66. The Morgan fingerprint density at radius 2 is 2.12 bits per heavy atom. The molecule has 0 atom stereocenters. The van der Waals surface area contributed by atoms with E-state index in [1.165, 1.54) is 18.2 Å². The Morgan fingerprint density at radius 1 is 1.44 bits per heavy atom. The molecule has 1 rings (SSSR count). The monoisotopic (exact) mass is 308 g/mol. The molecule has 16 heavy (non-hydrogen) atoms. The molecular weight excluding hydrogens is 302 g/mol. The van der Waals surface area contributed by atoms with Gasteiger partial charge in [0.05, 0.1) is 5.69 Å². The van der Waals surface area contributed by atoms with E-state index in [0.29, 0.717) is 10.2 Å². The first-order valence-corrected chi connectivity index (χ1v) is 5.47. The van der Waals surface area contributed by atoms with Gasteiger partial charge in [-0.1, -0.05) is 0 Å². The Labute approximate surface area is 104 Å². The summed E-state index contributed by atoms with van der Waals surface area (Å²) in [4.78, 5) is 22.0. The van der Waals surface area contributed by atoms with E-state index in [2.05, 4.69) is 21.2 Å². The molecular formula is C9H7BrClFN2O2. The number of amides is 3. The molecule has 1 aromatic carbocycles. The molecule has 0 fully saturated rings. The zero-order chi connectivity index (χ0) is 12.1. The Kier molecular flexibility index (Phi) is 4.70. The number of halogens is 3. The van der Waals surface area contributed by atoms with E-state index in [4.69, 9.17) is 11.6 Å². The molecule has 0 radical (unpaired) electrons. The van der Waals surface area contributed by atoms with Gasteiger partial charge in [0.1, 0.15) is 11.7 Å². The second kappa shape index (κ2) is 5.81. The fourth-order valence-corrected chi connectivity index (χ4v) is 1.42. The van der Waals surface area contributed by atoms with Crippen LogP contribution in [0.5, 0.6) is 0 Å². The van der Waals surface area contributed by atoms with Crippen molar-refractivity contribution >= 4 is 45.2 Å². The highest BCUT2D eigenvalue weighted by atomic mass is 79.9. The first-order chi connectivity index (χ1) is 7.52. The predicted octanol–water partition coefficient (Wildman–Crippen LogP) is 2.48. The second-order valence-electron chi connectivity index (χ2n) is 2.76. The molecule has 1 aromatic rings. The van der Waals surface area contributed by atoms with Crippen LogP contribution in [0.2, 0.25) is 0 Å². The van der Waals surface area contributed by atoms with Crippen molar-refractivity contribution in [2.24, 2.45) is 0 Å². The third kappa shape index (κ3) is 3.79. The lowest BCUT2D eigenvalue weighted by atomic mass is 10.3. The number of imide groups is 1. The summed E-state index contributed by atoms with van der Waals surface area (Å²) >= 11 is 8.27. The summed E-state index contributed by atoms with van der Waals surface area (Å²) in [7, 11) is 0. The van der Waals surface area contributed by atoms with Crippen LogP contribution in [-0.2, 0) is 4.79 Å². The van der Waals surface area contributed by atoms with E-state index in [1.807, 2.05) is 5.32 Å². The normalized spacial score (nSPS) is 9.69. The molecule has 0 heterocycles. The number of urea groups is 1. The van der Waals surface area contributed by atoms with Gasteiger partial charge in [0.25, 0.3) is 0 Å². The molecule has 4 nitrogen and oxygen atoms in total. The largest absolute Gasteiger partial charge is 0.325 e. The quantitative estimate of drug-likeness (QED) is 0.825. The number of hydrogen-bond donors (Lipinski definition) is 2. The maximum atomic E-state index is 12.7. The maximum absolute atomic E-state index is 12.7. The summed E-state index contributed by atoms with van der Waals surface area (Å²) < 4.78 is 13.1. The van der Waals surface area contributed by atoms with Gasteiger partial charge in [0, 0.05) is 4.47 Å². The van der Waals surface area contributed by atoms with Gasteiger partial charge < -0.3 is 5.32 Å². The second-order valence-corrected chi connectivity index (χ2v) is 3.88. The van der Waals surface area contributed by atoms with E-state index in [0.717, 1.165) is 0 Å². The minimum atomic E-state index is -0.724. The number of carbonyl (C=O) groups excluding carboxylic acids is 2. The number of rotatable bonds is 2. The minimum absolute atomic E-state index is 0.308. The molecule has 0 aliphatic heterocycles. The molecule has 0 aromatic heterocycles. The van der Waals surface area contributed by atoms with Crippen LogP contribution in [0.3, 0.4) is 0 Å². The van der Waals surface area contributed by atoms with Crippen LogP contribution in [0.1, 0.15) is 0 Å². The van der Waals surface area contributed by atoms with Gasteiger partial charge in [-0.15, -0.1) is 11.6 Å². The molecule has 0 saturated heterocycles. The van der Waals surface area contributed by atoms with Gasteiger partial charge in [-0.3, -0.25) is 10.1 Å². The molecule has 0 bridgehead atoms. The number of nitrogens with one attached hydrogen (secondary N) is 2. The van der Waals surface area contributed by atoms with Crippen LogP contribution in [0.4, 0.5) is 14.9 Å². The van der Waals surface area contributed by atoms with Crippen molar-refractivity contribution in [1.82, 2.24) is 5.32 Å². The van der Waals surface area contributed by atoms with Gasteiger partial charge in [-0.05, 0) is 34.1 Å². The molecule has 86 valence electrons. The number of hydrogen-bond acceptors (Lipinski definition) is 2.